The monoisotopic (exact) mass is 257 g/mol. The zero-order valence-corrected chi connectivity index (χ0v) is 11.1. The summed E-state index contributed by atoms with van der Waals surface area (Å²) < 4.78 is 0. The van der Waals surface area contributed by atoms with E-state index in [4.69, 9.17) is 5.11 Å². The van der Waals surface area contributed by atoms with E-state index in [1.165, 1.54) is 12.8 Å². The van der Waals surface area contributed by atoms with Crippen molar-refractivity contribution < 1.29 is 14.7 Å². The largest absolute Gasteiger partial charge is 0.481 e. The van der Waals surface area contributed by atoms with Crippen LogP contribution in [0.3, 0.4) is 0 Å². The predicted molar refractivity (Wildman–Crippen MR) is 68.5 cm³/mol. The Labute approximate surface area is 108 Å². The molecule has 0 saturated heterocycles. The van der Waals surface area contributed by atoms with Crippen molar-refractivity contribution in [3.63, 3.8) is 0 Å². The Morgan fingerprint density at radius 1 is 1.22 bits per heavy atom. The number of aliphatic carboxylic acids is 1. The summed E-state index contributed by atoms with van der Waals surface area (Å²) in [6.45, 7) is 4.78. The van der Waals surface area contributed by atoms with Crippen LogP contribution in [0.1, 0.15) is 33.1 Å². The highest BCUT2D eigenvalue weighted by molar-refractivity contribution is 5.77. The fourth-order valence-corrected chi connectivity index (χ4v) is 1.32. The number of carboxylic acid groups (broad SMARTS) is 1. The van der Waals surface area contributed by atoms with Gasteiger partial charge in [-0.15, -0.1) is 0 Å². The van der Waals surface area contributed by atoms with E-state index >= 15 is 0 Å². The third-order valence-electron chi connectivity index (χ3n) is 2.92. The summed E-state index contributed by atoms with van der Waals surface area (Å²) >= 11 is 0. The Balaban J connectivity index is 2.00. The zero-order chi connectivity index (χ0) is 13.6. The number of nitrogens with one attached hydrogen (secondary N) is 3. The number of carbonyl (C=O) groups is 2. The number of carbonyl (C=O) groups excluding carboxylic acids is 1. The maximum Gasteiger partial charge on any atom is 0.314 e. The lowest BCUT2D eigenvalue weighted by Crippen LogP contribution is -2.44. The molecule has 0 spiro atoms. The molecule has 0 atom stereocenters. The third-order valence-corrected chi connectivity index (χ3v) is 2.92. The van der Waals surface area contributed by atoms with E-state index in [-0.39, 0.29) is 12.6 Å². The molecule has 0 aliphatic heterocycles. The van der Waals surface area contributed by atoms with Crippen molar-refractivity contribution >= 4 is 12.0 Å². The molecular weight excluding hydrogens is 234 g/mol. The molecule has 4 N–H and O–H groups in total. The van der Waals surface area contributed by atoms with E-state index in [1.54, 1.807) is 13.8 Å². The first-order valence-corrected chi connectivity index (χ1v) is 6.40. The predicted octanol–water partition coefficient (Wildman–Crippen LogP) is 0.539. The van der Waals surface area contributed by atoms with Gasteiger partial charge in [-0.1, -0.05) is 0 Å². The van der Waals surface area contributed by atoms with Crippen LogP contribution in [0.2, 0.25) is 0 Å². The van der Waals surface area contributed by atoms with Gasteiger partial charge in [-0.2, -0.15) is 0 Å². The van der Waals surface area contributed by atoms with Gasteiger partial charge in [0.2, 0.25) is 0 Å². The summed E-state index contributed by atoms with van der Waals surface area (Å²) in [5, 5.41) is 17.5. The number of carboxylic acids is 1. The van der Waals surface area contributed by atoms with Crippen molar-refractivity contribution in [2.45, 2.75) is 39.2 Å². The quantitative estimate of drug-likeness (QED) is 0.478. The van der Waals surface area contributed by atoms with Gasteiger partial charge in [-0.05, 0) is 39.7 Å². The van der Waals surface area contributed by atoms with Crippen molar-refractivity contribution in [3.05, 3.63) is 0 Å². The molecule has 1 fully saturated rings. The van der Waals surface area contributed by atoms with E-state index < -0.39 is 11.4 Å². The molecule has 104 valence electrons. The number of hydrogen-bond donors (Lipinski definition) is 4. The first-order valence-electron chi connectivity index (χ1n) is 6.40. The Morgan fingerprint density at radius 3 is 2.44 bits per heavy atom. The van der Waals surface area contributed by atoms with Gasteiger partial charge in [0.25, 0.3) is 0 Å². The summed E-state index contributed by atoms with van der Waals surface area (Å²) in [6, 6.07) is 0.380. The Morgan fingerprint density at radius 2 is 1.89 bits per heavy atom. The first-order chi connectivity index (χ1) is 8.42. The normalized spacial score (nSPS) is 15.2. The second-order valence-electron chi connectivity index (χ2n) is 5.38. The van der Waals surface area contributed by atoms with Gasteiger partial charge >= 0.3 is 12.0 Å². The molecule has 6 nitrogen and oxygen atoms in total. The maximum atomic E-state index is 11.4. The molecule has 0 radical (unpaired) electrons. The summed E-state index contributed by atoms with van der Waals surface area (Å²) in [4.78, 5) is 22.2. The van der Waals surface area contributed by atoms with Gasteiger partial charge < -0.3 is 21.1 Å². The second-order valence-corrected chi connectivity index (χ2v) is 5.38. The Kier molecular flexibility index (Phi) is 5.40. The molecule has 1 rings (SSSR count). The van der Waals surface area contributed by atoms with Crippen LogP contribution in [0.15, 0.2) is 0 Å². The van der Waals surface area contributed by atoms with Crippen molar-refractivity contribution in [3.8, 4) is 0 Å². The average molecular weight is 257 g/mol. The standard InChI is InChI=1S/C12H23N3O3/c1-12(2,10(16)17)8-15-11(18)14-7-3-6-13-9-4-5-9/h9,13H,3-8H2,1-2H3,(H,16,17)(H2,14,15,18). The molecule has 0 bridgehead atoms. The van der Waals surface area contributed by atoms with Crippen molar-refractivity contribution in [2.24, 2.45) is 5.41 Å². The molecule has 6 heteroatoms. The molecular formula is C12H23N3O3. The Hall–Kier alpha value is -1.30. The number of urea groups is 1. The molecule has 0 aromatic carbocycles. The Bertz CT molecular complexity index is 301. The number of rotatable bonds is 8. The summed E-state index contributed by atoms with van der Waals surface area (Å²) in [5.41, 5.74) is -0.940. The van der Waals surface area contributed by atoms with Crippen LogP contribution in [0.4, 0.5) is 4.79 Å². The van der Waals surface area contributed by atoms with Crippen molar-refractivity contribution in [2.75, 3.05) is 19.6 Å². The van der Waals surface area contributed by atoms with Gasteiger partial charge in [-0.3, -0.25) is 4.79 Å². The van der Waals surface area contributed by atoms with Gasteiger partial charge in [0.05, 0.1) is 5.41 Å². The highest BCUT2D eigenvalue weighted by Crippen LogP contribution is 2.18. The van der Waals surface area contributed by atoms with Crippen molar-refractivity contribution in [1.82, 2.24) is 16.0 Å². The molecule has 0 heterocycles. The molecule has 0 aromatic rings. The molecule has 1 aliphatic rings. The van der Waals surface area contributed by atoms with Crippen LogP contribution < -0.4 is 16.0 Å². The van der Waals surface area contributed by atoms with Crippen molar-refractivity contribution in [1.29, 1.82) is 0 Å². The van der Waals surface area contributed by atoms with E-state index in [1.807, 2.05) is 0 Å². The second kappa shape index (κ2) is 6.58. The highest BCUT2D eigenvalue weighted by atomic mass is 16.4. The van der Waals surface area contributed by atoms with Gasteiger partial charge in [-0.25, -0.2) is 4.79 Å². The third kappa shape index (κ3) is 5.86. The lowest BCUT2D eigenvalue weighted by atomic mass is 9.94. The zero-order valence-electron chi connectivity index (χ0n) is 11.1. The average Bonchev–Trinajstić information content (AvgIpc) is 3.10. The lowest BCUT2D eigenvalue weighted by Gasteiger charge is -2.19. The van der Waals surface area contributed by atoms with Crippen LogP contribution in [-0.2, 0) is 4.79 Å². The topological polar surface area (TPSA) is 90.5 Å². The minimum absolute atomic E-state index is 0.120. The van der Waals surface area contributed by atoms with Crippen LogP contribution in [0.5, 0.6) is 0 Å². The number of amides is 2. The van der Waals surface area contributed by atoms with Crippen LogP contribution in [0, 0.1) is 5.41 Å². The molecule has 1 saturated carbocycles. The smallest absolute Gasteiger partial charge is 0.314 e. The molecule has 0 unspecified atom stereocenters. The fourth-order valence-electron chi connectivity index (χ4n) is 1.32. The lowest BCUT2D eigenvalue weighted by molar-refractivity contribution is -0.146. The highest BCUT2D eigenvalue weighted by Gasteiger charge is 2.27. The molecule has 18 heavy (non-hydrogen) atoms. The SMILES string of the molecule is CC(C)(CNC(=O)NCCCNC1CC1)C(=O)O. The van der Waals surface area contributed by atoms with Crippen LogP contribution in [0.25, 0.3) is 0 Å². The summed E-state index contributed by atoms with van der Waals surface area (Å²) in [5.74, 6) is -0.920. The van der Waals surface area contributed by atoms with Crippen LogP contribution in [-0.4, -0.2) is 42.8 Å². The van der Waals surface area contributed by atoms with E-state index in [0.717, 1.165) is 13.0 Å². The fraction of sp³-hybridized carbons (Fsp3) is 0.833. The molecule has 1 aliphatic carbocycles. The van der Waals surface area contributed by atoms with E-state index in [9.17, 15) is 9.59 Å². The number of hydrogen-bond acceptors (Lipinski definition) is 3. The maximum absolute atomic E-state index is 11.4. The molecule has 2 amide bonds. The van der Waals surface area contributed by atoms with Crippen LogP contribution >= 0.6 is 0 Å². The van der Waals surface area contributed by atoms with Gasteiger partial charge in [0, 0.05) is 19.1 Å². The van der Waals surface area contributed by atoms with E-state index in [0.29, 0.717) is 12.6 Å². The van der Waals surface area contributed by atoms with Gasteiger partial charge in [0.1, 0.15) is 0 Å². The van der Waals surface area contributed by atoms with E-state index in [2.05, 4.69) is 16.0 Å². The van der Waals surface area contributed by atoms with Gasteiger partial charge in [0.15, 0.2) is 0 Å². The summed E-state index contributed by atoms with van der Waals surface area (Å²) in [6.07, 6.45) is 3.41. The summed E-state index contributed by atoms with van der Waals surface area (Å²) in [7, 11) is 0. The first kappa shape index (κ1) is 14.8. The minimum Gasteiger partial charge on any atom is -0.481 e. The minimum atomic E-state index is -0.940. The molecule has 0 aromatic heterocycles.